The van der Waals surface area contributed by atoms with Crippen molar-refractivity contribution in [2.24, 2.45) is 0 Å². The maximum Gasteiger partial charge on any atom is 0.356 e. The van der Waals surface area contributed by atoms with E-state index in [2.05, 4.69) is 10.3 Å². The predicted octanol–water partition coefficient (Wildman–Crippen LogP) is 1.89. The lowest BCUT2D eigenvalue weighted by atomic mass is 10.1. The Labute approximate surface area is 98.7 Å². The zero-order valence-corrected chi connectivity index (χ0v) is 9.93. The maximum absolute atomic E-state index is 11.2. The number of aryl methyl sites for hydroxylation is 2. The van der Waals surface area contributed by atoms with Crippen LogP contribution in [0.3, 0.4) is 0 Å². The van der Waals surface area contributed by atoms with Crippen LogP contribution in [0.15, 0.2) is 18.2 Å². The highest BCUT2D eigenvalue weighted by Gasteiger charge is 2.18. The highest BCUT2D eigenvalue weighted by Crippen LogP contribution is 2.19. The number of benzene rings is 1. The number of carboxylic acids is 1. The first-order valence-electron chi connectivity index (χ1n) is 5.24. The van der Waals surface area contributed by atoms with Crippen LogP contribution >= 0.6 is 0 Å². The standard InChI is InChI=1S/C12H13N3O2/c1-7-5-4-6-10(8(7)2)15-11(12(16)17)9(3)13-14-15/h4-6H,1-3H3,(H,16,17). The Hall–Kier alpha value is -2.17. The molecule has 2 aromatic rings. The third-order valence-corrected chi connectivity index (χ3v) is 2.85. The van der Waals surface area contributed by atoms with Crippen molar-refractivity contribution in [2.75, 3.05) is 0 Å². The Kier molecular flexibility index (Phi) is 2.67. The lowest BCUT2D eigenvalue weighted by Crippen LogP contribution is -2.10. The van der Waals surface area contributed by atoms with Crippen molar-refractivity contribution < 1.29 is 9.90 Å². The van der Waals surface area contributed by atoms with E-state index in [4.69, 9.17) is 5.11 Å². The minimum atomic E-state index is -1.02. The summed E-state index contributed by atoms with van der Waals surface area (Å²) in [6.45, 7) is 5.55. The van der Waals surface area contributed by atoms with Crippen LogP contribution in [0.25, 0.3) is 5.69 Å². The summed E-state index contributed by atoms with van der Waals surface area (Å²) < 4.78 is 1.38. The fourth-order valence-corrected chi connectivity index (χ4v) is 1.74. The molecule has 0 aliphatic heterocycles. The summed E-state index contributed by atoms with van der Waals surface area (Å²) in [4.78, 5) is 11.2. The van der Waals surface area contributed by atoms with E-state index in [0.29, 0.717) is 5.69 Å². The summed E-state index contributed by atoms with van der Waals surface area (Å²) >= 11 is 0. The van der Waals surface area contributed by atoms with Crippen molar-refractivity contribution >= 4 is 5.97 Å². The molecule has 0 fully saturated rings. The monoisotopic (exact) mass is 231 g/mol. The molecule has 17 heavy (non-hydrogen) atoms. The van der Waals surface area contributed by atoms with Crippen LogP contribution in [-0.4, -0.2) is 26.1 Å². The van der Waals surface area contributed by atoms with Gasteiger partial charge >= 0.3 is 5.97 Å². The third kappa shape index (κ3) is 1.80. The molecule has 5 heteroatoms. The Bertz CT molecular complexity index is 587. The SMILES string of the molecule is Cc1cccc(-n2nnc(C)c2C(=O)O)c1C. The minimum Gasteiger partial charge on any atom is -0.476 e. The second kappa shape index (κ2) is 4.01. The van der Waals surface area contributed by atoms with Crippen molar-refractivity contribution in [1.82, 2.24) is 15.0 Å². The number of rotatable bonds is 2. The molecular formula is C12H13N3O2. The Balaban J connectivity index is 2.69. The van der Waals surface area contributed by atoms with Gasteiger partial charge in [0.2, 0.25) is 0 Å². The van der Waals surface area contributed by atoms with Crippen LogP contribution in [0.2, 0.25) is 0 Å². The van der Waals surface area contributed by atoms with Crippen molar-refractivity contribution in [3.8, 4) is 5.69 Å². The molecule has 0 aliphatic rings. The van der Waals surface area contributed by atoms with Gasteiger partial charge in [-0.15, -0.1) is 5.10 Å². The number of aromatic carboxylic acids is 1. The third-order valence-electron chi connectivity index (χ3n) is 2.85. The quantitative estimate of drug-likeness (QED) is 0.857. The van der Waals surface area contributed by atoms with E-state index in [9.17, 15) is 4.79 Å². The molecule has 5 nitrogen and oxygen atoms in total. The molecule has 0 amide bonds. The van der Waals surface area contributed by atoms with Crippen molar-refractivity contribution in [3.63, 3.8) is 0 Å². The molecule has 0 bridgehead atoms. The number of carboxylic acid groups (broad SMARTS) is 1. The number of aromatic nitrogens is 3. The number of hydrogen-bond donors (Lipinski definition) is 1. The number of hydrogen-bond acceptors (Lipinski definition) is 3. The van der Waals surface area contributed by atoms with E-state index in [1.165, 1.54) is 4.68 Å². The fraction of sp³-hybridized carbons (Fsp3) is 0.250. The summed E-state index contributed by atoms with van der Waals surface area (Å²) in [7, 11) is 0. The Morgan fingerprint density at radius 3 is 2.65 bits per heavy atom. The zero-order valence-electron chi connectivity index (χ0n) is 9.93. The average Bonchev–Trinajstić information content (AvgIpc) is 2.64. The van der Waals surface area contributed by atoms with Crippen LogP contribution in [0.4, 0.5) is 0 Å². The lowest BCUT2D eigenvalue weighted by molar-refractivity contribution is 0.0686. The van der Waals surface area contributed by atoms with Crippen LogP contribution in [0, 0.1) is 20.8 Å². The van der Waals surface area contributed by atoms with E-state index in [1.54, 1.807) is 6.92 Å². The molecule has 1 aromatic carbocycles. The van der Waals surface area contributed by atoms with Crippen LogP contribution < -0.4 is 0 Å². The molecule has 88 valence electrons. The molecule has 0 radical (unpaired) electrons. The predicted molar refractivity (Wildman–Crippen MR) is 62.5 cm³/mol. The highest BCUT2D eigenvalue weighted by atomic mass is 16.4. The first-order chi connectivity index (χ1) is 8.02. The molecule has 0 aliphatic carbocycles. The second-order valence-corrected chi connectivity index (χ2v) is 3.96. The summed E-state index contributed by atoms with van der Waals surface area (Å²) in [5.74, 6) is -1.02. The molecule has 1 N–H and O–H groups in total. The van der Waals surface area contributed by atoms with E-state index in [0.717, 1.165) is 16.8 Å². The molecular weight excluding hydrogens is 218 g/mol. The van der Waals surface area contributed by atoms with Crippen molar-refractivity contribution in [2.45, 2.75) is 20.8 Å². The van der Waals surface area contributed by atoms with Gasteiger partial charge in [0.15, 0.2) is 5.69 Å². The van der Waals surface area contributed by atoms with Gasteiger partial charge in [-0.1, -0.05) is 17.3 Å². The zero-order chi connectivity index (χ0) is 12.6. The van der Waals surface area contributed by atoms with E-state index in [1.807, 2.05) is 32.0 Å². The van der Waals surface area contributed by atoms with Crippen molar-refractivity contribution in [3.05, 3.63) is 40.7 Å². The van der Waals surface area contributed by atoms with Gasteiger partial charge < -0.3 is 5.11 Å². The molecule has 0 spiro atoms. The van der Waals surface area contributed by atoms with Gasteiger partial charge in [0.1, 0.15) is 0 Å². The normalized spacial score (nSPS) is 10.5. The fourth-order valence-electron chi connectivity index (χ4n) is 1.74. The number of nitrogens with zero attached hydrogens (tertiary/aromatic N) is 3. The van der Waals surface area contributed by atoms with E-state index >= 15 is 0 Å². The maximum atomic E-state index is 11.2. The molecule has 1 aromatic heterocycles. The second-order valence-electron chi connectivity index (χ2n) is 3.96. The van der Waals surface area contributed by atoms with Gasteiger partial charge in [-0.3, -0.25) is 0 Å². The van der Waals surface area contributed by atoms with Gasteiger partial charge in [-0.25, -0.2) is 9.48 Å². The van der Waals surface area contributed by atoms with Crippen LogP contribution in [0.5, 0.6) is 0 Å². The molecule has 0 atom stereocenters. The Morgan fingerprint density at radius 1 is 1.29 bits per heavy atom. The summed E-state index contributed by atoms with van der Waals surface area (Å²) in [5.41, 5.74) is 3.37. The van der Waals surface area contributed by atoms with Gasteiger partial charge in [0, 0.05) is 0 Å². The Morgan fingerprint density at radius 2 is 2.00 bits per heavy atom. The molecule has 0 saturated heterocycles. The molecule has 0 unspecified atom stereocenters. The first-order valence-corrected chi connectivity index (χ1v) is 5.24. The lowest BCUT2D eigenvalue weighted by Gasteiger charge is -2.09. The van der Waals surface area contributed by atoms with E-state index in [-0.39, 0.29) is 5.69 Å². The van der Waals surface area contributed by atoms with Crippen molar-refractivity contribution in [1.29, 1.82) is 0 Å². The summed E-state index contributed by atoms with van der Waals surface area (Å²) in [6.07, 6.45) is 0. The average molecular weight is 231 g/mol. The summed E-state index contributed by atoms with van der Waals surface area (Å²) in [6, 6.07) is 5.69. The van der Waals surface area contributed by atoms with E-state index < -0.39 is 5.97 Å². The van der Waals surface area contributed by atoms with Gasteiger partial charge in [-0.2, -0.15) is 0 Å². The molecule has 1 heterocycles. The smallest absolute Gasteiger partial charge is 0.356 e. The van der Waals surface area contributed by atoms with Gasteiger partial charge in [-0.05, 0) is 38.0 Å². The van der Waals surface area contributed by atoms with Crippen LogP contribution in [-0.2, 0) is 0 Å². The summed E-state index contributed by atoms with van der Waals surface area (Å²) in [5, 5.41) is 16.9. The highest BCUT2D eigenvalue weighted by molar-refractivity contribution is 5.87. The molecule has 2 rings (SSSR count). The minimum absolute atomic E-state index is 0.110. The largest absolute Gasteiger partial charge is 0.476 e. The first kappa shape index (κ1) is 11.3. The van der Waals surface area contributed by atoms with Crippen LogP contribution in [0.1, 0.15) is 27.3 Å². The topological polar surface area (TPSA) is 68.0 Å². The van der Waals surface area contributed by atoms with Gasteiger partial charge in [0.05, 0.1) is 11.4 Å². The molecule has 0 saturated carbocycles. The van der Waals surface area contributed by atoms with Gasteiger partial charge in [0.25, 0.3) is 0 Å². The number of carbonyl (C=O) groups is 1.